The zero-order valence-electron chi connectivity index (χ0n) is 13.2. The molecular weight excluding hydrogens is 286 g/mol. The van der Waals surface area contributed by atoms with Crippen molar-refractivity contribution in [3.63, 3.8) is 0 Å². The van der Waals surface area contributed by atoms with Crippen molar-refractivity contribution in [1.29, 1.82) is 0 Å². The lowest BCUT2D eigenvalue weighted by Crippen LogP contribution is -2.23. The maximum atomic E-state index is 12.2. The Balaban J connectivity index is 2.21. The van der Waals surface area contributed by atoms with Crippen LogP contribution in [0.25, 0.3) is 0 Å². The van der Waals surface area contributed by atoms with Gasteiger partial charge in [-0.2, -0.15) is 0 Å². The summed E-state index contributed by atoms with van der Waals surface area (Å²) >= 11 is 0. The van der Waals surface area contributed by atoms with Crippen molar-refractivity contribution in [1.82, 2.24) is 4.31 Å². The monoisotopic (exact) mass is 311 g/mol. The molecule has 0 aliphatic heterocycles. The Kier molecular flexibility index (Phi) is 4.22. The molecule has 1 aromatic carbocycles. The summed E-state index contributed by atoms with van der Waals surface area (Å²) in [6.45, 7) is 5.29. The van der Waals surface area contributed by atoms with E-state index in [0.717, 1.165) is 6.54 Å². The van der Waals surface area contributed by atoms with Crippen LogP contribution >= 0.6 is 0 Å². The van der Waals surface area contributed by atoms with Gasteiger partial charge < -0.3 is 11.1 Å². The Bertz CT molecular complexity index is 620. The third-order valence-corrected chi connectivity index (χ3v) is 6.36. The molecule has 0 aromatic heterocycles. The smallest absolute Gasteiger partial charge is 0.242 e. The summed E-state index contributed by atoms with van der Waals surface area (Å²) in [7, 11) is -0.384. The summed E-state index contributed by atoms with van der Waals surface area (Å²) in [5.41, 5.74) is 7.58. The van der Waals surface area contributed by atoms with Crippen LogP contribution in [0.2, 0.25) is 0 Å². The molecule has 0 heterocycles. The Morgan fingerprint density at radius 1 is 1.33 bits per heavy atom. The number of sulfonamides is 1. The fourth-order valence-corrected chi connectivity index (χ4v) is 3.38. The van der Waals surface area contributed by atoms with Crippen molar-refractivity contribution < 1.29 is 8.42 Å². The van der Waals surface area contributed by atoms with E-state index in [1.54, 1.807) is 18.2 Å². The average molecular weight is 311 g/mol. The van der Waals surface area contributed by atoms with E-state index in [1.807, 2.05) is 0 Å². The first-order valence-electron chi connectivity index (χ1n) is 7.25. The zero-order chi connectivity index (χ0) is 15.8. The fourth-order valence-electron chi connectivity index (χ4n) is 2.45. The minimum Gasteiger partial charge on any atom is -0.397 e. The maximum absolute atomic E-state index is 12.2. The number of hydrogen-bond donors (Lipinski definition) is 2. The van der Waals surface area contributed by atoms with Gasteiger partial charge in [-0.05, 0) is 42.4 Å². The topological polar surface area (TPSA) is 75.4 Å². The van der Waals surface area contributed by atoms with E-state index in [2.05, 4.69) is 19.2 Å². The molecule has 1 aliphatic carbocycles. The number of nitrogens with one attached hydrogen (secondary N) is 1. The molecule has 6 heteroatoms. The van der Waals surface area contributed by atoms with Crippen LogP contribution in [-0.2, 0) is 10.0 Å². The van der Waals surface area contributed by atoms with E-state index >= 15 is 0 Å². The predicted octanol–water partition coefficient (Wildman–Crippen LogP) is 2.37. The van der Waals surface area contributed by atoms with Gasteiger partial charge in [0.2, 0.25) is 10.0 Å². The van der Waals surface area contributed by atoms with Crippen LogP contribution in [0.15, 0.2) is 23.1 Å². The number of nitrogens with zero attached hydrogens (tertiary/aromatic N) is 1. The largest absolute Gasteiger partial charge is 0.397 e. The fraction of sp³-hybridized carbons (Fsp3) is 0.600. The molecule has 118 valence electrons. The van der Waals surface area contributed by atoms with Gasteiger partial charge in [0.1, 0.15) is 0 Å². The molecule has 0 unspecified atom stereocenters. The molecule has 1 aromatic rings. The molecular formula is C15H25N3O2S. The second kappa shape index (κ2) is 5.50. The molecule has 2 rings (SSSR count). The lowest BCUT2D eigenvalue weighted by molar-refractivity contribution is 0.380. The molecule has 0 spiro atoms. The van der Waals surface area contributed by atoms with Crippen molar-refractivity contribution >= 4 is 21.4 Å². The SMILES string of the molecule is CC(C)C1(CNc2cc(S(=O)(=O)N(C)C)ccc2N)CC1. The van der Waals surface area contributed by atoms with Crippen LogP contribution in [0.3, 0.4) is 0 Å². The zero-order valence-corrected chi connectivity index (χ0v) is 14.0. The molecule has 1 aliphatic rings. The first kappa shape index (κ1) is 16.1. The Labute approximate surface area is 127 Å². The summed E-state index contributed by atoms with van der Waals surface area (Å²) < 4.78 is 25.6. The Morgan fingerprint density at radius 3 is 2.43 bits per heavy atom. The second-order valence-corrected chi connectivity index (χ2v) is 8.56. The van der Waals surface area contributed by atoms with E-state index < -0.39 is 10.0 Å². The number of rotatable bonds is 6. The third-order valence-electron chi connectivity index (χ3n) is 4.55. The van der Waals surface area contributed by atoms with Gasteiger partial charge in [0.15, 0.2) is 0 Å². The van der Waals surface area contributed by atoms with Crippen molar-refractivity contribution in [3.8, 4) is 0 Å². The standard InChI is InChI=1S/C15H25N3O2S/c1-11(2)15(7-8-15)10-17-14-9-12(5-6-13(14)16)21(19,20)18(3)4/h5-6,9,11,17H,7-8,10,16H2,1-4H3. The first-order chi connectivity index (χ1) is 9.69. The lowest BCUT2D eigenvalue weighted by Gasteiger charge is -2.22. The summed E-state index contributed by atoms with van der Waals surface area (Å²) in [6, 6.07) is 4.82. The molecule has 0 bridgehead atoms. The van der Waals surface area contributed by atoms with Crippen LogP contribution in [0, 0.1) is 11.3 Å². The average Bonchev–Trinajstić information content (AvgIpc) is 3.18. The summed E-state index contributed by atoms with van der Waals surface area (Å²) in [6.07, 6.45) is 2.43. The van der Waals surface area contributed by atoms with Crippen LogP contribution in [-0.4, -0.2) is 33.4 Å². The third kappa shape index (κ3) is 3.16. The molecule has 0 saturated heterocycles. The predicted molar refractivity (Wildman–Crippen MR) is 86.7 cm³/mol. The molecule has 21 heavy (non-hydrogen) atoms. The second-order valence-electron chi connectivity index (χ2n) is 6.41. The van der Waals surface area contributed by atoms with Gasteiger partial charge >= 0.3 is 0 Å². The molecule has 1 fully saturated rings. The highest BCUT2D eigenvalue weighted by atomic mass is 32.2. The van der Waals surface area contributed by atoms with Crippen LogP contribution in [0.5, 0.6) is 0 Å². The number of anilines is 2. The van der Waals surface area contributed by atoms with Crippen molar-refractivity contribution in [3.05, 3.63) is 18.2 Å². The lowest BCUT2D eigenvalue weighted by atomic mass is 9.92. The quantitative estimate of drug-likeness (QED) is 0.791. The number of hydrogen-bond acceptors (Lipinski definition) is 4. The van der Waals surface area contributed by atoms with E-state index in [-0.39, 0.29) is 4.90 Å². The van der Waals surface area contributed by atoms with Crippen molar-refractivity contribution in [2.45, 2.75) is 31.6 Å². The number of nitrogen functional groups attached to an aromatic ring is 1. The van der Waals surface area contributed by atoms with Gasteiger partial charge in [-0.15, -0.1) is 0 Å². The van der Waals surface area contributed by atoms with Gasteiger partial charge in [0, 0.05) is 20.6 Å². The van der Waals surface area contributed by atoms with Gasteiger partial charge in [0.25, 0.3) is 0 Å². The van der Waals surface area contributed by atoms with E-state index in [4.69, 9.17) is 5.73 Å². The van der Waals surface area contributed by atoms with Crippen LogP contribution < -0.4 is 11.1 Å². The minimum absolute atomic E-state index is 0.263. The Hall–Kier alpha value is -1.27. The molecule has 3 N–H and O–H groups in total. The van der Waals surface area contributed by atoms with Crippen molar-refractivity contribution in [2.24, 2.45) is 11.3 Å². The molecule has 1 saturated carbocycles. The summed E-state index contributed by atoms with van der Waals surface area (Å²) in [5, 5.41) is 3.34. The van der Waals surface area contributed by atoms with Gasteiger partial charge in [-0.3, -0.25) is 0 Å². The number of benzene rings is 1. The van der Waals surface area contributed by atoms with E-state index in [9.17, 15) is 8.42 Å². The van der Waals surface area contributed by atoms with E-state index in [1.165, 1.54) is 31.2 Å². The maximum Gasteiger partial charge on any atom is 0.242 e. The number of nitrogens with two attached hydrogens (primary N) is 1. The highest BCUT2D eigenvalue weighted by Crippen LogP contribution is 2.51. The van der Waals surface area contributed by atoms with E-state index in [0.29, 0.717) is 22.7 Å². The van der Waals surface area contributed by atoms with Crippen LogP contribution in [0.4, 0.5) is 11.4 Å². The van der Waals surface area contributed by atoms with Gasteiger partial charge in [0.05, 0.1) is 16.3 Å². The highest BCUT2D eigenvalue weighted by molar-refractivity contribution is 7.89. The molecule has 5 nitrogen and oxygen atoms in total. The molecule has 0 amide bonds. The normalized spacial score (nSPS) is 17.2. The summed E-state index contributed by atoms with van der Waals surface area (Å²) in [4.78, 5) is 0.263. The summed E-state index contributed by atoms with van der Waals surface area (Å²) in [5.74, 6) is 0.611. The Morgan fingerprint density at radius 2 is 1.95 bits per heavy atom. The van der Waals surface area contributed by atoms with Gasteiger partial charge in [-0.25, -0.2) is 12.7 Å². The molecule has 0 atom stereocenters. The first-order valence-corrected chi connectivity index (χ1v) is 8.69. The van der Waals surface area contributed by atoms with Crippen molar-refractivity contribution in [2.75, 3.05) is 31.7 Å². The molecule has 0 radical (unpaired) electrons. The van der Waals surface area contributed by atoms with Crippen LogP contribution in [0.1, 0.15) is 26.7 Å². The minimum atomic E-state index is -3.43. The van der Waals surface area contributed by atoms with Gasteiger partial charge in [-0.1, -0.05) is 13.8 Å². The highest BCUT2D eigenvalue weighted by Gasteiger charge is 2.44.